The fourth-order valence-electron chi connectivity index (χ4n) is 2.50. The molecule has 0 amide bonds. The number of aromatic nitrogens is 3. The van der Waals surface area contributed by atoms with Gasteiger partial charge in [-0.2, -0.15) is 0 Å². The second-order valence-corrected chi connectivity index (χ2v) is 6.55. The lowest BCUT2D eigenvalue weighted by atomic mass is 9.91. The lowest BCUT2D eigenvalue weighted by Crippen LogP contribution is -2.14. The molecule has 1 N–H and O–H groups in total. The summed E-state index contributed by atoms with van der Waals surface area (Å²) < 4.78 is 0. The maximum Gasteiger partial charge on any atom is 0.191 e. The summed E-state index contributed by atoms with van der Waals surface area (Å²) in [5.74, 6) is 0. The summed E-state index contributed by atoms with van der Waals surface area (Å²) in [4.78, 5) is 24.2. The number of nitrogens with zero attached hydrogens (tertiary/aromatic N) is 2. The summed E-state index contributed by atoms with van der Waals surface area (Å²) in [5, 5.41) is 0.600. The first kappa shape index (κ1) is 14.4. The topological polar surface area (TPSA) is 58.6 Å². The molecule has 3 rings (SSSR count). The van der Waals surface area contributed by atoms with Crippen LogP contribution in [-0.4, -0.2) is 15.0 Å². The van der Waals surface area contributed by atoms with E-state index in [4.69, 9.17) is 4.98 Å². The van der Waals surface area contributed by atoms with Crippen molar-refractivity contribution in [3.63, 3.8) is 0 Å². The minimum atomic E-state index is -0.0313. The quantitative estimate of drug-likeness (QED) is 0.746. The number of aromatic amines is 1. The monoisotopic (exact) mass is 293 g/mol. The molecule has 0 aliphatic carbocycles. The molecule has 4 nitrogen and oxygen atoms in total. The van der Waals surface area contributed by atoms with Gasteiger partial charge in [-0.25, -0.2) is 0 Å². The number of nitrogens with one attached hydrogen (secondary N) is 1. The molecule has 0 radical (unpaired) electrons. The van der Waals surface area contributed by atoms with E-state index in [1.165, 1.54) is 0 Å². The SMILES string of the molecule is Cc1nc(C(C)(C)C)ccc1-c1cc(=O)c2cnccc2[nH]1. The molecule has 4 heteroatoms. The van der Waals surface area contributed by atoms with Crippen LogP contribution in [-0.2, 0) is 5.41 Å². The Morgan fingerprint density at radius 2 is 1.91 bits per heavy atom. The molecule has 0 spiro atoms. The lowest BCUT2D eigenvalue weighted by molar-refractivity contribution is 0.567. The van der Waals surface area contributed by atoms with Crippen LogP contribution in [0.15, 0.2) is 41.5 Å². The normalized spacial score (nSPS) is 11.8. The summed E-state index contributed by atoms with van der Waals surface area (Å²) >= 11 is 0. The Morgan fingerprint density at radius 1 is 1.14 bits per heavy atom. The molecule has 0 atom stereocenters. The van der Waals surface area contributed by atoms with Gasteiger partial charge in [0.1, 0.15) is 0 Å². The maximum atomic E-state index is 12.2. The van der Waals surface area contributed by atoms with Crippen LogP contribution < -0.4 is 5.43 Å². The minimum absolute atomic E-state index is 0.00571. The standard InChI is InChI=1S/C18H19N3O/c1-11-12(5-6-17(20-11)18(2,3)4)15-9-16(22)13-10-19-8-7-14(13)21-15/h5-10H,1-4H3,(H,21,22). The van der Waals surface area contributed by atoms with Crippen molar-refractivity contribution >= 4 is 10.9 Å². The molecule has 0 aromatic carbocycles. The second kappa shape index (κ2) is 5.05. The summed E-state index contributed by atoms with van der Waals surface area (Å²) in [5.41, 5.74) is 4.45. The van der Waals surface area contributed by atoms with Crippen molar-refractivity contribution in [1.82, 2.24) is 15.0 Å². The smallest absolute Gasteiger partial charge is 0.191 e. The zero-order valence-corrected chi connectivity index (χ0v) is 13.3. The second-order valence-electron chi connectivity index (χ2n) is 6.55. The molecule has 3 aromatic heterocycles. The summed E-state index contributed by atoms with van der Waals surface area (Å²) in [6.45, 7) is 8.39. The molecule has 0 bridgehead atoms. The van der Waals surface area contributed by atoms with Crippen LogP contribution in [0.3, 0.4) is 0 Å². The zero-order valence-electron chi connectivity index (χ0n) is 13.3. The number of aryl methyl sites for hydroxylation is 1. The minimum Gasteiger partial charge on any atom is -0.354 e. The zero-order chi connectivity index (χ0) is 15.9. The highest BCUT2D eigenvalue weighted by Crippen LogP contribution is 2.26. The van der Waals surface area contributed by atoms with E-state index in [1.807, 2.05) is 25.1 Å². The van der Waals surface area contributed by atoms with Gasteiger partial charge >= 0.3 is 0 Å². The van der Waals surface area contributed by atoms with Crippen LogP contribution in [0.5, 0.6) is 0 Å². The van der Waals surface area contributed by atoms with Crippen molar-refractivity contribution in [2.75, 3.05) is 0 Å². The van der Waals surface area contributed by atoms with Gasteiger partial charge in [0.15, 0.2) is 5.43 Å². The lowest BCUT2D eigenvalue weighted by Gasteiger charge is -2.19. The van der Waals surface area contributed by atoms with Crippen molar-refractivity contribution in [1.29, 1.82) is 0 Å². The van der Waals surface area contributed by atoms with E-state index < -0.39 is 0 Å². The Morgan fingerprint density at radius 3 is 2.59 bits per heavy atom. The van der Waals surface area contributed by atoms with Gasteiger partial charge in [0, 0.05) is 40.8 Å². The highest BCUT2D eigenvalue weighted by atomic mass is 16.1. The Hall–Kier alpha value is -2.49. The molecule has 0 aliphatic rings. The summed E-state index contributed by atoms with van der Waals surface area (Å²) in [6.07, 6.45) is 3.27. The van der Waals surface area contributed by atoms with Crippen LogP contribution >= 0.6 is 0 Å². The Kier molecular flexibility index (Phi) is 3.32. The number of hydrogen-bond acceptors (Lipinski definition) is 3. The van der Waals surface area contributed by atoms with Gasteiger partial charge < -0.3 is 4.98 Å². The number of fused-ring (bicyclic) bond motifs is 1. The van der Waals surface area contributed by atoms with Crippen LogP contribution in [0.2, 0.25) is 0 Å². The summed E-state index contributed by atoms with van der Waals surface area (Å²) in [6, 6.07) is 7.48. The van der Waals surface area contributed by atoms with Crippen LogP contribution in [0.25, 0.3) is 22.2 Å². The predicted octanol–water partition coefficient (Wildman–Crippen LogP) is 3.59. The molecule has 112 valence electrons. The number of H-pyrrole nitrogens is 1. The van der Waals surface area contributed by atoms with Crippen molar-refractivity contribution in [2.24, 2.45) is 0 Å². The summed E-state index contributed by atoms with van der Waals surface area (Å²) in [7, 11) is 0. The van der Waals surface area contributed by atoms with E-state index in [1.54, 1.807) is 18.5 Å². The molecule has 22 heavy (non-hydrogen) atoms. The first-order valence-electron chi connectivity index (χ1n) is 7.32. The average molecular weight is 293 g/mol. The third-order valence-corrected chi connectivity index (χ3v) is 3.78. The van der Waals surface area contributed by atoms with Crippen molar-refractivity contribution in [3.05, 3.63) is 58.3 Å². The van der Waals surface area contributed by atoms with E-state index in [0.717, 1.165) is 28.2 Å². The molecule has 0 saturated carbocycles. The van der Waals surface area contributed by atoms with E-state index in [2.05, 4.69) is 30.7 Å². The molecule has 0 aliphatic heterocycles. The number of pyridine rings is 3. The fourth-order valence-corrected chi connectivity index (χ4v) is 2.50. The van der Waals surface area contributed by atoms with Crippen molar-refractivity contribution in [3.8, 4) is 11.3 Å². The Balaban J connectivity index is 2.18. The predicted molar refractivity (Wildman–Crippen MR) is 89.0 cm³/mol. The van der Waals surface area contributed by atoms with Crippen molar-refractivity contribution in [2.45, 2.75) is 33.1 Å². The van der Waals surface area contributed by atoms with Gasteiger partial charge in [0.25, 0.3) is 0 Å². The number of hydrogen-bond donors (Lipinski definition) is 1. The third-order valence-electron chi connectivity index (χ3n) is 3.78. The van der Waals surface area contributed by atoms with Gasteiger partial charge in [0.2, 0.25) is 0 Å². The van der Waals surface area contributed by atoms with Crippen molar-refractivity contribution < 1.29 is 0 Å². The highest BCUT2D eigenvalue weighted by Gasteiger charge is 2.17. The Labute approximate surface area is 129 Å². The van der Waals surface area contributed by atoms with E-state index >= 15 is 0 Å². The largest absolute Gasteiger partial charge is 0.354 e. The van der Waals surface area contributed by atoms with Gasteiger partial charge in [-0.05, 0) is 25.1 Å². The van der Waals surface area contributed by atoms with Crippen LogP contribution in [0.4, 0.5) is 0 Å². The van der Waals surface area contributed by atoms with E-state index in [9.17, 15) is 4.79 Å². The maximum absolute atomic E-state index is 12.2. The van der Waals surface area contributed by atoms with E-state index in [0.29, 0.717) is 5.39 Å². The van der Waals surface area contributed by atoms with Gasteiger partial charge in [0.05, 0.1) is 16.6 Å². The molecule has 0 unspecified atom stereocenters. The Bertz CT molecular complexity index is 904. The van der Waals surface area contributed by atoms with Gasteiger partial charge in [-0.3, -0.25) is 14.8 Å². The number of rotatable bonds is 1. The molecule has 0 fully saturated rings. The third kappa shape index (κ3) is 2.52. The average Bonchev–Trinajstić information content (AvgIpc) is 2.46. The molecule has 0 saturated heterocycles. The first-order valence-corrected chi connectivity index (χ1v) is 7.32. The van der Waals surface area contributed by atoms with Gasteiger partial charge in [-0.1, -0.05) is 20.8 Å². The first-order chi connectivity index (χ1) is 10.4. The molecule has 3 aromatic rings. The van der Waals surface area contributed by atoms with Crippen LogP contribution in [0.1, 0.15) is 32.2 Å². The molecular weight excluding hydrogens is 274 g/mol. The molecular formula is C18H19N3O. The fraction of sp³-hybridized carbons (Fsp3) is 0.278. The van der Waals surface area contributed by atoms with Crippen LogP contribution in [0, 0.1) is 6.92 Å². The van der Waals surface area contributed by atoms with E-state index in [-0.39, 0.29) is 10.8 Å². The van der Waals surface area contributed by atoms with Gasteiger partial charge in [-0.15, -0.1) is 0 Å². The highest BCUT2D eigenvalue weighted by molar-refractivity contribution is 5.80. The molecule has 3 heterocycles.